The molecule has 2 heteroatoms. The first-order valence-corrected chi connectivity index (χ1v) is 5.35. The lowest BCUT2D eigenvalue weighted by atomic mass is 10.1. The molecule has 0 saturated heterocycles. The predicted octanol–water partition coefficient (Wildman–Crippen LogP) is 3.23. The van der Waals surface area contributed by atoms with Crippen molar-refractivity contribution in [3.8, 4) is 0 Å². The van der Waals surface area contributed by atoms with Crippen LogP contribution in [-0.4, -0.2) is 5.78 Å². The van der Waals surface area contributed by atoms with Crippen LogP contribution >= 0.6 is 11.3 Å². The number of rotatable bonds is 3. The molecule has 0 aromatic carbocycles. The van der Waals surface area contributed by atoms with Crippen molar-refractivity contribution in [2.24, 2.45) is 5.92 Å². The maximum Gasteiger partial charge on any atom is 0.195 e. The summed E-state index contributed by atoms with van der Waals surface area (Å²) >= 11 is 1.48. The topological polar surface area (TPSA) is 17.1 Å². The predicted molar refractivity (Wildman–Crippen MR) is 59.6 cm³/mol. The Kier molecular flexibility index (Phi) is 2.75. The lowest BCUT2D eigenvalue weighted by Crippen LogP contribution is -1.91. The van der Waals surface area contributed by atoms with Gasteiger partial charge in [0.1, 0.15) is 0 Å². The second-order valence-electron chi connectivity index (χ2n) is 3.05. The van der Waals surface area contributed by atoms with Crippen LogP contribution in [0.4, 0.5) is 0 Å². The molecule has 2 rings (SSSR count). The van der Waals surface area contributed by atoms with Gasteiger partial charge in [0.15, 0.2) is 5.78 Å². The fourth-order valence-corrected chi connectivity index (χ4v) is 1.92. The molecule has 0 amide bonds. The number of carbonyl (C=O) groups is 1. The van der Waals surface area contributed by atoms with Crippen molar-refractivity contribution in [3.63, 3.8) is 0 Å². The van der Waals surface area contributed by atoms with Crippen LogP contribution in [-0.2, 0) is 0 Å². The molecule has 1 nitrogen and oxygen atoms in total. The molecule has 0 fully saturated rings. The van der Waals surface area contributed by atoms with Crippen molar-refractivity contribution >= 4 is 17.1 Å². The van der Waals surface area contributed by atoms with Crippen molar-refractivity contribution in [3.05, 3.63) is 58.8 Å². The molecule has 1 aromatic rings. The van der Waals surface area contributed by atoms with Crippen molar-refractivity contribution < 1.29 is 4.79 Å². The van der Waals surface area contributed by atoms with Crippen LogP contribution < -0.4 is 0 Å². The molecule has 0 spiro atoms. The molecule has 1 heterocycles. The van der Waals surface area contributed by atoms with E-state index < -0.39 is 0 Å². The average Bonchev–Trinajstić information content (AvgIpc) is 2.87. The molecule has 14 heavy (non-hydrogen) atoms. The van der Waals surface area contributed by atoms with E-state index >= 15 is 0 Å². The minimum Gasteiger partial charge on any atom is -0.288 e. The number of allylic oxidation sites excluding steroid dienone is 6. The highest BCUT2D eigenvalue weighted by Crippen LogP contribution is 2.13. The maximum absolute atomic E-state index is 11.5. The van der Waals surface area contributed by atoms with Crippen LogP contribution in [0.2, 0.25) is 0 Å². The summed E-state index contributed by atoms with van der Waals surface area (Å²) in [6.07, 6.45) is 11.7. The minimum absolute atomic E-state index is 0.0914. The molecule has 0 unspecified atom stereocenters. The molecule has 70 valence electrons. The number of hydrogen-bond donors (Lipinski definition) is 0. The number of carbonyl (C=O) groups excluding carboxylic acids is 1. The van der Waals surface area contributed by atoms with Crippen LogP contribution in [0.15, 0.2) is 54.0 Å². The van der Waals surface area contributed by atoms with Gasteiger partial charge in [0, 0.05) is 5.92 Å². The highest BCUT2D eigenvalue weighted by molar-refractivity contribution is 7.12. The van der Waals surface area contributed by atoms with Gasteiger partial charge in [0.05, 0.1) is 4.88 Å². The molecule has 0 bridgehead atoms. The molecular weight excluding hydrogens is 192 g/mol. The van der Waals surface area contributed by atoms with E-state index in [1.165, 1.54) is 11.3 Å². The molecule has 1 aliphatic rings. The van der Waals surface area contributed by atoms with Gasteiger partial charge in [-0.05, 0) is 17.5 Å². The molecule has 0 saturated carbocycles. The van der Waals surface area contributed by atoms with Gasteiger partial charge in [0.2, 0.25) is 0 Å². The van der Waals surface area contributed by atoms with Crippen LogP contribution in [0.1, 0.15) is 9.67 Å². The third-order valence-corrected chi connectivity index (χ3v) is 2.90. The Balaban J connectivity index is 2.01. The van der Waals surface area contributed by atoms with E-state index in [2.05, 4.69) is 12.2 Å². The van der Waals surface area contributed by atoms with Crippen molar-refractivity contribution in [1.29, 1.82) is 0 Å². The summed E-state index contributed by atoms with van der Waals surface area (Å²) in [5.74, 6) is 0.382. The van der Waals surface area contributed by atoms with Gasteiger partial charge in [-0.3, -0.25) is 4.79 Å². The standard InChI is InChI=1S/C12H10OS/c13-11(12-6-3-9-14-12)8-7-10-4-1-2-5-10/h1-10H. The average molecular weight is 202 g/mol. The molecule has 0 atom stereocenters. The fourth-order valence-electron chi connectivity index (χ4n) is 1.28. The number of thiophene rings is 1. The summed E-state index contributed by atoms with van der Waals surface area (Å²) in [7, 11) is 0. The molecule has 1 aromatic heterocycles. The molecule has 1 aliphatic carbocycles. The number of hydrogen-bond acceptors (Lipinski definition) is 2. The van der Waals surface area contributed by atoms with Gasteiger partial charge in [-0.15, -0.1) is 11.3 Å². The first-order valence-electron chi connectivity index (χ1n) is 4.47. The number of ketones is 1. The molecule has 0 N–H and O–H groups in total. The van der Waals surface area contributed by atoms with Gasteiger partial charge < -0.3 is 0 Å². The largest absolute Gasteiger partial charge is 0.288 e. The van der Waals surface area contributed by atoms with Crippen LogP contribution in [0.5, 0.6) is 0 Å². The highest BCUT2D eigenvalue weighted by atomic mass is 32.1. The summed E-state index contributed by atoms with van der Waals surface area (Å²) < 4.78 is 0. The smallest absolute Gasteiger partial charge is 0.195 e. The van der Waals surface area contributed by atoms with E-state index in [0.717, 1.165) is 4.88 Å². The van der Waals surface area contributed by atoms with Crippen LogP contribution in [0.25, 0.3) is 0 Å². The van der Waals surface area contributed by atoms with Crippen molar-refractivity contribution in [1.82, 2.24) is 0 Å². The Bertz CT molecular complexity index is 384. The zero-order valence-corrected chi connectivity index (χ0v) is 8.41. The third-order valence-electron chi connectivity index (χ3n) is 2.01. The van der Waals surface area contributed by atoms with E-state index in [9.17, 15) is 4.79 Å². The second-order valence-corrected chi connectivity index (χ2v) is 4.00. The summed E-state index contributed by atoms with van der Waals surface area (Å²) in [5.41, 5.74) is 0. The molecule has 0 aliphatic heterocycles. The Hall–Kier alpha value is -1.41. The Labute approximate surface area is 87.1 Å². The van der Waals surface area contributed by atoms with Gasteiger partial charge in [-0.1, -0.05) is 36.4 Å². The first kappa shape index (κ1) is 9.16. The van der Waals surface area contributed by atoms with Crippen LogP contribution in [0.3, 0.4) is 0 Å². The van der Waals surface area contributed by atoms with E-state index in [1.807, 2.05) is 35.7 Å². The van der Waals surface area contributed by atoms with Gasteiger partial charge >= 0.3 is 0 Å². The normalized spacial score (nSPS) is 15.7. The van der Waals surface area contributed by atoms with Crippen LogP contribution in [0, 0.1) is 5.92 Å². The minimum atomic E-state index is 0.0914. The lowest BCUT2D eigenvalue weighted by molar-refractivity contribution is 0.105. The van der Waals surface area contributed by atoms with E-state index in [0.29, 0.717) is 5.92 Å². The summed E-state index contributed by atoms with van der Waals surface area (Å²) in [4.78, 5) is 12.3. The molecule has 0 radical (unpaired) electrons. The Morgan fingerprint density at radius 2 is 2.14 bits per heavy atom. The van der Waals surface area contributed by atoms with Gasteiger partial charge in [0.25, 0.3) is 0 Å². The monoisotopic (exact) mass is 202 g/mol. The quantitative estimate of drug-likeness (QED) is 0.543. The SMILES string of the molecule is O=C(C=CC1C=CC=C1)c1cccs1. The summed E-state index contributed by atoms with van der Waals surface area (Å²) in [6.45, 7) is 0. The zero-order valence-electron chi connectivity index (χ0n) is 7.59. The highest BCUT2D eigenvalue weighted by Gasteiger charge is 2.03. The Morgan fingerprint density at radius 1 is 1.36 bits per heavy atom. The van der Waals surface area contributed by atoms with E-state index in [4.69, 9.17) is 0 Å². The van der Waals surface area contributed by atoms with E-state index in [-0.39, 0.29) is 5.78 Å². The van der Waals surface area contributed by atoms with E-state index in [1.54, 1.807) is 6.08 Å². The summed E-state index contributed by atoms with van der Waals surface area (Å²) in [5, 5.41) is 1.91. The maximum atomic E-state index is 11.5. The lowest BCUT2D eigenvalue weighted by Gasteiger charge is -1.93. The third kappa shape index (κ3) is 2.09. The van der Waals surface area contributed by atoms with Crippen molar-refractivity contribution in [2.75, 3.05) is 0 Å². The van der Waals surface area contributed by atoms with Gasteiger partial charge in [-0.25, -0.2) is 0 Å². The van der Waals surface area contributed by atoms with Crippen molar-refractivity contribution in [2.45, 2.75) is 0 Å². The van der Waals surface area contributed by atoms with Gasteiger partial charge in [-0.2, -0.15) is 0 Å². The Morgan fingerprint density at radius 3 is 2.79 bits per heavy atom. The second kappa shape index (κ2) is 4.20. The summed E-state index contributed by atoms with van der Waals surface area (Å²) in [6, 6.07) is 3.73. The zero-order chi connectivity index (χ0) is 9.80. The molecular formula is C12H10OS. The first-order chi connectivity index (χ1) is 6.86. The fraction of sp³-hybridized carbons (Fsp3) is 0.0833.